The Hall–Kier alpha value is -1.95. The zero-order valence-corrected chi connectivity index (χ0v) is 16.9. The number of benzene rings is 1. The number of nitrogens with one attached hydrogen (secondary N) is 2. The maximum atomic E-state index is 9.39. The van der Waals surface area contributed by atoms with Gasteiger partial charge in [0.2, 0.25) is 0 Å². The summed E-state index contributed by atoms with van der Waals surface area (Å²) >= 11 is 0. The highest BCUT2D eigenvalue weighted by atomic mass is 16.5. The van der Waals surface area contributed by atoms with Gasteiger partial charge in [-0.05, 0) is 43.7 Å². The summed E-state index contributed by atoms with van der Waals surface area (Å²) in [6, 6.07) is 5.75. The summed E-state index contributed by atoms with van der Waals surface area (Å²) in [5, 5.41) is 16.1. The minimum atomic E-state index is 0.0861. The third-order valence-corrected chi connectivity index (χ3v) is 5.02. The lowest BCUT2D eigenvalue weighted by Crippen LogP contribution is -2.43. The van der Waals surface area contributed by atoms with Gasteiger partial charge in [0.05, 0.1) is 20.8 Å². The van der Waals surface area contributed by atoms with Crippen LogP contribution in [0, 0.1) is 5.41 Å². The monoisotopic (exact) mass is 365 g/mol. The number of guanidine groups is 1. The number of rotatable bonds is 11. The van der Waals surface area contributed by atoms with Crippen LogP contribution in [0.3, 0.4) is 0 Å². The Kier molecular flexibility index (Phi) is 9.88. The highest BCUT2D eigenvalue weighted by molar-refractivity contribution is 5.79. The first kappa shape index (κ1) is 22.1. The van der Waals surface area contributed by atoms with Crippen LogP contribution < -0.4 is 20.1 Å². The molecule has 0 aliphatic heterocycles. The van der Waals surface area contributed by atoms with Gasteiger partial charge in [-0.3, -0.25) is 0 Å². The number of methoxy groups -OCH3 is 2. The average Bonchev–Trinajstić information content (AvgIpc) is 2.68. The molecule has 0 aromatic heterocycles. The fraction of sp³-hybridized carbons (Fsp3) is 0.650. The van der Waals surface area contributed by atoms with Crippen molar-refractivity contribution in [3.63, 3.8) is 0 Å². The molecule has 6 nitrogen and oxygen atoms in total. The molecule has 148 valence electrons. The van der Waals surface area contributed by atoms with Crippen molar-refractivity contribution in [3.8, 4) is 11.5 Å². The Labute approximate surface area is 158 Å². The number of hydrogen-bond acceptors (Lipinski definition) is 4. The molecule has 0 amide bonds. The van der Waals surface area contributed by atoms with Crippen molar-refractivity contribution in [1.82, 2.24) is 10.6 Å². The number of aliphatic imine (C=N–C) groups is 1. The second-order valence-corrected chi connectivity index (χ2v) is 6.41. The van der Waals surface area contributed by atoms with Gasteiger partial charge >= 0.3 is 0 Å². The van der Waals surface area contributed by atoms with Gasteiger partial charge in [-0.2, -0.15) is 0 Å². The van der Waals surface area contributed by atoms with E-state index < -0.39 is 0 Å². The van der Waals surface area contributed by atoms with Gasteiger partial charge in [0.1, 0.15) is 11.5 Å². The molecule has 0 aliphatic rings. The van der Waals surface area contributed by atoms with Crippen molar-refractivity contribution >= 4 is 5.96 Å². The molecule has 0 heterocycles. The quantitative estimate of drug-likeness (QED) is 0.415. The van der Waals surface area contributed by atoms with Gasteiger partial charge in [-0.25, -0.2) is 4.99 Å². The molecule has 1 aromatic carbocycles. The van der Waals surface area contributed by atoms with Crippen LogP contribution in [0.15, 0.2) is 23.2 Å². The van der Waals surface area contributed by atoms with E-state index in [0.29, 0.717) is 6.54 Å². The zero-order valence-electron chi connectivity index (χ0n) is 16.9. The van der Waals surface area contributed by atoms with E-state index in [1.54, 1.807) is 14.2 Å². The van der Waals surface area contributed by atoms with Crippen LogP contribution in [0.1, 0.15) is 45.6 Å². The Bertz CT molecular complexity index is 557. The SMILES string of the molecule is CCNC(=NCc1ccc(OC)cc1OC)NCC(CC)(CC)CCO. The van der Waals surface area contributed by atoms with Crippen LogP contribution in [-0.2, 0) is 6.54 Å². The molecule has 0 atom stereocenters. The molecule has 3 N–H and O–H groups in total. The van der Waals surface area contributed by atoms with Crippen molar-refractivity contribution in [2.45, 2.75) is 46.6 Å². The minimum Gasteiger partial charge on any atom is -0.497 e. The molecule has 6 heteroatoms. The Balaban J connectivity index is 2.86. The van der Waals surface area contributed by atoms with E-state index in [1.807, 2.05) is 25.1 Å². The Morgan fingerprint density at radius 3 is 2.38 bits per heavy atom. The topological polar surface area (TPSA) is 75.1 Å². The third kappa shape index (κ3) is 6.41. The van der Waals surface area contributed by atoms with Crippen LogP contribution in [0.25, 0.3) is 0 Å². The van der Waals surface area contributed by atoms with E-state index in [2.05, 4.69) is 24.5 Å². The Morgan fingerprint density at radius 1 is 1.12 bits per heavy atom. The molecule has 0 saturated heterocycles. The molecule has 1 aromatic rings. The van der Waals surface area contributed by atoms with Crippen LogP contribution in [-0.4, -0.2) is 45.0 Å². The van der Waals surface area contributed by atoms with Crippen molar-refractivity contribution in [2.24, 2.45) is 10.4 Å². The molecule has 1 rings (SSSR count). The predicted molar refractivity (Wildman–Crippen MR) is 107 cm³/mol. The summed E-state index contributed by atoms with van der Waals surface area (Å²) in [5.74, 6) is 2.30. The van der Waals surface area contributed by atoms with Gasteiger partial charge < -0.3 is 25.2 Å². The summed E-state index contributed by atoms with van der Waals surface area (Å²) in [7, 11) is 3.29. The molecule has 0 radical (unpaired) electrons. The second-order valence-electron chi connectivity index (χ2n) is 6.41. The molecule has 0 unspecified atom stereocenters. The first-order valence-corrected chi connectivity index (χ1v) is 9.42. The zero-order chi connectivity index (χ0) is 19.4. The number of hydrogen-bond donors (Lipinski definition) is 3. The predicted octanol–water partition coefficient (Wildman–Crippen LogP) is 2.95. The highest BCUT2D eigenvalue weighted by Gasteiger charge is 2.25. The smallest absolute Gasteiger partial charge is 0.191 e. The summed E-state index contributed by atoms with van der Waals surface area (Å²) in [6.07, 6.45) is 2.82. The summed E-state index contributed by atoms with van der Waals surface area (Å²) in [6.45, 7) is 8.68. The lowest BCUT2D eigenvalue weighted by atomic mass is 9.79. The highest BCUT2D eigenvalue weighted by Crippen LogP contribution is 2.29. The largest absolute Gasteiger partial charge is 0.497 e. The molecular weight excluding hydrogens is 330 g/mol. The van der Waals surface area contributed by atoms with Crippen LogP contribution in [0.2, 0.25) is 0 Å². The van der Waals surface area contributed by atoms with Crippen molar-refractivity contribution in [1.29, 1.82) is 0 Å². The molecule has 26 heavy (non-hydrogen) atoms. The number of nitrogens with zero attached hydrogens (tertiary/aromatic N) is 1. The fourth-order valence-electron chi connectivity index (χ4n) is 2.94. The number of aliphatic hydroxyl groups excluding tert-OH is 1. The number of aliphatic hydroxyl groups is 1. The van der Waals surface area contributed by atoms with Crippen molar-refractivity contribution < 1.29 is 14.6 Å². The summed E-state index contributed by atoms with van der Waals surface area (Å²) in [4.78, 5) is 4.69. The van der Waals surface area contributed by atoms with E-state index in [0.717, 1.165) is 55.4 Å². The lowest BCUT2D eigenvalue weighted by molar-refractivity contribution is 0.169. The molecule has 0 aliphatic carbocycles. The minimum absolute atomic E-state index is 0.0861. The Morgan fingerprint density at radius 2 is 1.85 bits per heavy atom. The van der Waals surface area contributed by atoms with Crippen LogP contribution in [0.4, 0.5) is 0 Å². The van der Waals surface area contributed by atoms with Crippen LogP contribution in [0.5, 0.6) is 11.5 Å². The third-order valence-electron chi connectivity index (χ3n) is 5.02. The van der Waals surface area contributed by atoms with Gasteiger partial charge in [0.25, 0.3) is 0 Å². The second kappa shape index (κ2) is 11.6. The van der Waals surface area contributed by atoms with Gasteiger partial charge in [0, 0.05) is 31.3 Å². The lowest BCUT2D eigenvalue weighted by Gasteiger charge is -2.32. The maximum Gasteiger partial charge on any atom is 0.191 e. The summed E-state index contributed by atoms with van der Waals surface area (Å²) in [5.41, 5.74) is 1.08. The fourth-order valence-corrected chi connectivity index (χ4v) is 2.94. The summed E-state index contributed by atoms with van der Waals surface area (Å²) < 4.78 is 10.7. The van der Waals surface area contributed by atoms with E-state index in [1.165, 1.54) is 0 Å². The molecule has 0 bridgehead atoms. The van der Waals surface area contributed by atoms with Gasteiger partial charge in [0.15, 0.2) is 5.96 Å². The number of ether oxygens (including phenoxy) is 2. The first-order valence-electron chi connectivity index (χ1n) is 9.42. The van der Waals surface area contributed by atoms with Gasteiger partial charge in [-0.15, -0.1) is 0 Å². The van der Waals surface area contributed by atoms with Crippen molar-refractivity contribution in [3.05, 3.63) is 23.8 Å². The molecule has 0 fully saturated rings. The van der Waals surface area contributed by atoms with Crippen LogP contribution >= 0.6 is 0 Å². The molecule has 0 spiro atoms. The molecular formula is C20H35N3O3. The van der Waals surface area contributed by atoms with E-state index in [-0.39, 0.29) is 12.0 Å². The first-order chi connectivity index (χ1) is 12.6. The van der Waals surface area contributed by atoms with Gasteiger partial charge in [-0.1, -0.05) is 13.8 Å². The maximum absolute atomic E-state index is 9.39. The average molecular weight is 366 g/mol. The van der Waals surface area contributed by atoms with E-state index in [9.17, 15) is 5.11 Å². The van der Waals surface area contributed by atoms with Crippen molar-refractivity contribution in [2.75, 3.05) is 33.9 Å². The standard InChI is InChI=1S/C20H35N3O3/c1-6-20(7-2,11-12-24)15-23-19(21-8-3)22-14-16-9-10-17(25-4)13-18(16)26-5/h9-10,13,24H,6-8,11-12,14-15H2,1-5H3,(H2,21,22,23). The van der Waals surface area contributed by atoms with E-state index in [4.69, 9.17) is 14.5 Å². The normalized spacial score (nSPS) is 12.0. The van der Waals surface area contributed by atoms with E-state index >= 15 is 0 Å². The molecule has 0 saturated carbocycles.